The Morgan fingerprint density at radius 3 is 2.71 bits per heavy atom. The SMILES string of the molecule is CC(c1ccc2ccccc2c1)N1CC2CNCC2C1C. The molecule has 2 aliphatic heterocycles. The van der Waals surface area contributed by atoms with Crippen molar-refractivity contribution in [2.24, 2.45) is 11.8 Å². The van der Waals surface area contributed by atoms with E-state index in [-0.39, 0.29) is 0 Å². The second kappa shape index (κ2) is 5.11. The summed E-state index contributed by atoms with van der Waals surface area (Å²) in [7, 11) is 0. The number of rotatable bonds is 2. The molecule has 2 fully saturated rings. The van der Waals surface area contributed by atoms with Crippen LogP contribution in [0.25, 0.3) is 10.8 Å². The summed E-state index contributed by atoms with van der Waals surface area (Å²) in [5.41, 5.74) is 1.45. The zero-order valence-electron chi connectivity index (χ0n) is 12.9. The molecule has 2 saturated heterocycles. The minimum atomic E-state index is 0.509. The third-order valence-electron chi connectivity index (χ3n) is 5.73. The Labute approximate surface area is 127 Å². The van der Waals surface area contributed by atoms with Crippen molar-refractivity contribution < 1.29 is 0 Å². The van der Waals surface area contributed by atoms with E-state index in [4.69, 9.17) is 0 Å². The van der Waals surface area contributed by atoms with E-state index in [0.717, 1.165) is 11.8 Å². The lowest BCUT2D eigenvalue weighted by molar-refractivity contribution is 0.182. The maximum atomic E-state index is 3.55. The van der Waals surface area contributed by atoms with Crippen LogP contribution < -0.4 is 5.32 Å². The Bertz CT molecular complexity index is 651. The van der Waals surface area contributed by atoms with Gasteiger partial charge in [-0.05, 0) is 61.2 Å². The molecule has 0 saturated carbocycles. The van der Waals surface area contributed by atoms with Crippen molar-refractivity contribution in [3.05, 3.63) is 48.0 Å². The summed E-state index contributed by atoms with van der Waals surface area (Å²) < 4.78 is 0. The van der Waals surface area contributed by atoms with Crippen LogP contribution in [0.1, 0.15) is 25.5 Å². The van der Waals surface area contributed by atoms with Gasteiger partial charge in [-0.3, -0.25) is 4.90 Å². The Morgan fingerprint density at radius 1 is 1.10 bits per heavy atom. The summed E-state index contributed by atoms with van der Waals surface area (Å²) in [6, 6.07) is 16.8. The molecule has 4 unspecified atom stereocenters. The zero-order valence-corrected chi connectivity index (χ0v) is 12.9. The number of nitrogens with one attached hydrogen (secondary N) is 1. The highest BCUT2D eigenvalue weighted by molar-refractivity contribution is 5.83. The zero-order chi connectivity index (χ0) is 14.4. The normalized spacial score (nSPS) is 30.7. The van der Waals surface area contributed by atoms with Gasteiger partial charge in [-0.25, -0.2) is 0 Å². The van der Waals surface area contributed by atoms with Crippen LogP contribution in [0, 0.1) is 11.8 Å². The summed E-state index contributed by atoms with van der Waals surface area (Å²) >= 11 is 0. The van der Waals surface area contributed by atoms with Gasteiger partial charge >= 0.3 is 0 Å². The fourth-order valence-corrected chi connectivity index (χ4v) is 4.37. The van der Waals surface area contributed by atoms with E-state index in [2.05, 4.69) is 66.5 Å². The first-order valence-corrected chi connectivity index (χ1v) is 8.19. The van der Waals surface area contributed by atoms with Crippen LogP contribution in [-0.2, 0) is 0 Å². The summed E-state index contributed by atoms with van der Waals surface area (Å²) in [6.45, 7) is 8.43. The molecule has 2 heteroatoms. The molecule has 0 aliphatic carbocycles. The topological polar surface area (TPSA) is 15.3 Å². The first kappa shape index (κ1) is 13.3. The number of likely N-dealkylation sites (tertiary alicyclic amines) is 1. The summed E-state index contributed by atoms with van der Waals surface area (Å²) in [4.78, 5) is 2.71. The quantitative estimate of drug-likeness (QED) is 0.906. The molecule has 1 N–H and O–H groups in total. The molecule has 2 aliphatic rings. The molecular weight excluding hydrogens is 256 g/mol. The average molecular weight is 280 g/mol. The minimum Gasteiger partial charge on any atom is -0.316 e. The molecule has 2 aromatic rings. The largest absolute Gasteiger partial charge is 0.316 e. The lowest BCUT2D eigenvalue weighted by atomic mass is 9.95. The molecule has 21 heavy (non-hydrogen) atoms. The van der Waals surface area contributed by atoms with Crippen LogP contribution in [0.15, 0.2) is 42.5 Å². The van der Waals surface area contributed by atoms with E-state index in [1.165, 1.54) is 36.0 Å². The van der Waals surface area contributed by atoms with Gasteiger partial charge in [-0.15, -0.1) is 0 Å². The predicted molar refractivity (Wildman–Crippen MR) is 88.4 cm³/mol. The van der Waals surface area contributed by atoms with Crippen molar-refractivity contribution in [2.75, 3.05) is 19.6 Å². The average Bonchev–Trinajstić information content (AvgIpc) is 3.09. The van der Waals surface area contributed by atoms with E-state index in [1.807, 2.05) is 0 Å². The molecule has 2 heterocycles. The first-order chi connectivity index (χ1) is 10.2. The molecule has 0 aromatic heterocycles. The Balaban J connectivity index is 1.62. The molecule has 0 bridgehead atoms. The van der Waals surface area contributed by atoms with Gasteiger partial charge in [-0.2, -0.15) is 0 Å². The van der Waals surface area contributed by atoms with E-state index in [1.54, 1.807) is 0 Å². The van der Waals surface area contributed by atoms with Crippen molar-refractivity contribution in [3.63, 3.8) is 0 Å². The maximum Gasteiger partial charge on any atom is 0.0323 e. The van der Waals surface area contributed by atoms with Crippen LogP contribution in [0.5, 0.6) is 0 Å². The standard InChI is InChI=1S/C19H24N2/c1-13(21-12-18-10-20-11-19(18)14(21)2)16-8-7-15-5-3-4-6-17(15)9-16/h3-9,13-14,18-20H,10-12H2,1-2H3. The molecule has 0 radical (unpaired) electrons. The van der Waals surface area contributed by atoms with Gasteiger partial charge in [0.2, 0.25) is 0 Å². The van der Waals surface area contributed by atoms with Crippen LogP contribution in [0.3, 0.4) is 0 Å². The Hall–Kier alpha value is -1.38. The molecular formula is C19H24N2. The smallest absolute Gasteiger partial charge is 0.0323 e. The molecule has 2 aromatic carbocycles. The van der Waals surface area contributed by atoms with Crippen molar-refractivity contribution in [3.8, 4) is 0 Å². The fourth-order valence-electron chi connectivity index (χ4n) is 4.37. The minimum absolute atomic E-state index is 0.509. The monoisotopic (exact) mass is 280 g/mol. The lowest BCUT2D eigenvalue weighted by Gasteiger charge is -2.31. The number of hydrogen-bond acceptors (Lipinski definition) is 2. The van der Waals surface area contributed by atoms with Crippen molar-refractivity contribution in [1.82, 2.24) is 10.2 Å². The highest BCUT2D eigenvalue weighted by Gasteiger charge is 2.43. The second-order valence-corrected chi connectivity index (χ2v) is 6.80. The van der Waals surface area contributed by atoms with E-state index in [0.29, 0.717) is 12.1 Å². The van der Waals surface area contributed by atoms with Crippen molar-refractivity contribution in [1.29, 1.82) is 0 Å². The van der Waals surface area contributed by atoms with E-state index >= 15 is 0 Å². The molecule has 4 atom stereocenters. The molecule has 0 spiro atoms. The first-order valence-electron chi connectivity index (χ1n) is 8.19. The predicted octanol–water partition coefficient (Wildman–Crippen LogP) is 3.44. The maximum absolute atomic E-state index is 3.55. The molecule has 2 nitrogen and oxygen atoms in total. The van der Waals surface area contributed by atoms with E-state index < -0.39 is 0 Å². The highest BCUT2D eigenvalue weighted by Crippen LogP contribution is 2.38. The van der Waals surface area contributed by atoms with E-state index in [9.17, 15) is 0 Å². The van der Waals surface area contributed by atoms with Gasteiger partial charge in [0.15, 0.2) is 0 Å². The van der Waals surface area contributed by atoms with Gasteiger partial charge in [0.25, 0.3) is 0 Å². The molecule has 4 rings (SSSR count). The second-order valence-electron chi connectivity index (χ2n) is 6.80. The Morgan fingerprint density at radius 2 is 1.90 bits per heavy atom. The van der Waals surface area contributed by atoms with Crippen LogP contribution in [-0.4, -0.2) is 30.6 Å². The van der Waals surface area contributed by atoms with Crippen molar-refractivity contribution >= 4 is 10.8 Å². The number of hydrogen-bond donors (Lipinski definition) is 1. The number of nitrogens with zero attached hydrogens (tertiary/aromatic N) is 1. The summed E-state index contributed by atoms with van der Waals surface area (Å²) in [6.07, 6.45) is 0. The van der Waals surface area contributed by atoms with Gasteiger partial charge in [0.05, 0.1) is 0 Å². The van der Waals surface area contributed by atoms with Crippen LogP contribution in [0.2, 0.25) is 0 Å². The van der Waals surface area contributed by atoms with Gasteiger partial charge in [0.1, 0.15) is 0 Å². The van der Waals surface area contributed by atoms with Gasteiger partial charge < -0.3 is 5.32 Å². The van der Waals surface area contributed by atoms with Crippen LogP contribution in [0.4, 0.5) is 0 Å². The van der Waals surface area contributed by atoms with Crippen molar-refractivity contribution in [2.45, 2.75) is 25.9 Å². The third kappa shape index (κ3) is 2.18. The molecule has 0 amide bonds. The fraction of sp³-hybridized carbons (Fsp3) is 0.474. The van der Waals surface area contributed by atoms with Gasteiger partial charge in [0, 0.05) is 18.6 Å². The molecule has 110 valence electrons. The highest BCUT2D eigenvalue weighted by atomic mass is 15.2. The van der Waals surface area contributed by atoms with Gasteiger partial charge in [-0.1, -0.05) is 36.4 Å². The summed E-state index contributed by atoms with van der Waals surface area (Å²) in [5, 5.41) is 6.25. The third-order valence-corrected chi connectivity index (χ3v) is 5.73. The number of benzene rings is 2. The lowest BCUT2D eigenvalue weighted by Crippen LogP contribution is -2.35. The number of fused-ring (bicyclic) bond motifs is 2. The summed E-state index contributed by atoms with van der Waals surface area (Å²) in [5.74, 6) is 1.69. The van der Waals surface area contributed by atoms with Crippen LogP contribution >= 0.6 is 0 Å². The Kier molecular flexibility index (Phi) is 3.24.